The van der Waals surface area contributed by atoms with E-state index in [1.807, 2.05) is 36.1 Å². The van der Waals surface area contributed by atoms with Crippen molar-refractivity contribution in [3.8, 4) is 5.75 Å². The number of nitrogens with one attached hydrogen (secondary N) is 5. The minimum absolute atomic E-state index is 0.0123. The molecule has 4 aromatic rings. The first-order valence-electron chi connectivity index (χ1n) is 25.2. The van der Waals surface area contributed by atoms with Crippen molar-refractivity contribution in [1.29, 1.82) is 0 Å². The number of carbonyl (C=O) groups is 7. The van der Waals surface area contributed by atoms with E-state index in [0.717, 1.165) is 60.4 Å². The molecule has 1 aromatic heterocycles. The number of aromatic nitrogens is 2. The summed E-state index contributed by atoms with van der Waals surface area (Å²) in [4.78, 5) is 103. The Hall–Kier alpha value is -7.26. The van der Waals surface area contributed by atoms with Crippen LogP contribution in [0.5, 0.6) is 5.75 Å². The number of imide groups is 1. The van der Waals surface area contributed by atoms with Crippen molar-refractivity contribution in [3.63, 3.8) is 0 Å². The van der Waals surface area contributed by atoms with Crippen LogP contribution in [0.2, 0.25) is 0 Å². The Morgan fingerprint density at radius 1 is 0.770 bits per heavy atom. The zero-order valence-electron chi connectivity index (χ0n) is 42.5. The smallest absolute Gasteiger partial charge is 0.266 e. The van der Waals surface area contributed by atoms with Gasteiger partial charge in [0.25, 0.3) is 17.7 Å². The van der Waals surface area contributed by atoms with E-state index in [1.165, 1.54) is 12.1 Å². The molecule has 3 aromatic carbocycles. The third-order valence-corrected chi connectivity index (χ3v) is 14.5. The predicted octanol–water partition coefficient (Wildman–Crippen LogP) is 5.72. The number of sulfonamides is 1. The standard InChI is InChI=1S/C53H66N10O10S/c1-35-33-56-52(59-49(35)57-37-13-11-14-40(31-37)74(71,72)60-53(2,3)4)58-36-17-19-38(20-18-36)61-27-29-62(30-28-61)47(68)24-23-45(66)54-25-9-7-5-6-8-10-26-55-46(67)34-73-44-16-12-15-41-48(44)51(70)63(50(41)69)42-22-21-39(64)32-43(42)65/h11-20,31,33,42,60H,5-10,21-30,32,34H2,1-4H3,(H,54,66)(H,55,67)(H2,56,57,58,59). The number of ketones is 2. The van der Waals surface area contributed by atoms with Gasteiger partial charge in [0.2, 0.25) is 27.8 Å². The lowest BCUT2D eigenvalue weighted by Gasteiger charge is -2.36. The van der Waals surface area contributed by atoms with Crippen LogP contribution < -0.4 is 35.6 Å². The van der Waals surface area contributed by atoms with E-state index in [1.54, 1.807) is 57.3 Å². The van der Waals surface area contributed by atoms with Gasteiger partial charge in [0.15, 0.2) is 12.4 Å². The number of rotatable bonds is 23. The third-order valence-electron chi connectivity index (χ3n) is 12.8. The third kappa shape index (κ3) is 14.7. The molecule has 20 nitrogen and oxygen atoms in total. The topological polar surface area (TPSA) is 259 Å². The number of carbonyl (C=O) groups excluding carboxylic acids is 7. The number of hydrogen-bond donors (Lipinski definition) is 5. The highest BCUT2D eigenvalue weighted by Gasteiger charge is 2.46. The lowest BCUT2D eigenvalue weighted by Crippen LogP contribution is -2.49. The fourth-order valence-electron chi connectivity index (χ4n) is 8.95. The molecule has 1 unspecified atom stereocenters. The summed E-state index contributed by atoms with van der Waals surface area (Å²) < 4.78 is 34.2. The normalized spacial score (nSPS) is 16.0. The average molecular weight is 1040 g/mol. The first kappa shape index (κ1) is 54.5. The average Bonchev–Trinajstić information content (AvgIpc) is 3.62. The Morgan fingerprint density at radius 3 is 2.14 bits per heavy atom. The molecule has 0 bridgehead atoms. The molecule has 1 saturated carbocycles. The number of anilines is 5. The fourth-order valence-corrected chi connectivity index (χ4v) is 10.4. The van der Waals surface area contributed by atoms with E-state index in [-0.39, 0.29) is 84.0 Å². The van der Waals surface area contributed by atoms with Crippen LogP contribution in [0.25, 0.3) is 0 Å². The van der Waals surface area contributed by atoms with Crippen LogP contribution in [-0.2, 0) is 34.0 Å². The van der Waals surface area contributed by atoms with E-state index < -0.39 is 39.2 Å². The molecule has 21 heteroatoms. The van der Waals surface area contributed by atoms with E-state index >= 15 is 0 Å². The van der Waals surface area contributed by atoms with Gasteiger partial charge in [-0.2, -0.15) is 4.98 Å². The Kier molecular flexibility index (Phi) is 18.2. The lowest BCUT2D eigenvalue weighted by molar-refractivity contribution is -0.134. The second-order valence-electron chi connectivity index (χ2n) is 19.8. The zero-order valence-corrected chi connectivity index (χ0v) is 43.3. The molecule has 5 N–H and O–H groups in total. The molecule has 1 atom stereocenters. The van der Waals surface area contributed by atoms with Crippen molar-refractivity contribution in [2.45, 2.75) is 115 Å². The highest BCUT2D eigenvalue weighted by Crippen LogP contribution is 2.34. The molecule has 2 fully saturated rings. The summed E-state index contributed by atoms with van der Waals surface area (Å²) in [6.07, 6.45) is 7.23. The quantitative estimate of drug-likeness (QED) is 0.0338. The van der Waals surface area contributed by atoms with Gasteiger partial charge in [-0.25, -0.2) is 18.1 Å². The maximum atomic E-state index is 13.3. The molecule has 3 heterocycles. The number of piperazine rings is 1. The Morgan fingerprint density at radius 2 is 1.45 bits per heavy atom. The summed E-state index contributed by atoms with van der Waals surface area (Å²) in [6, 6.07) is 18.0. The molecule has 2 aliphatic heterocycles. The maximum Gasteiger partial charge on any atom is 0.266 e. The second-order valence-corrected chi connectivity index (χ2v) is 21.5. The van der Waals surface area contributed by atoms with Gasteiger partial charge in [0.05, 0.1) is 28.5 Å². The number of fused-ring (bicyclic) bond motifs is 1. The van der Waals surface area contributed by atoms with Gasteiger partial charge in [0, 0.05) is 92.9 Å². The number of aryl methyl sites for hydroxylation is 1. The van der Waals surface area contributed by atoms with E-state index in [2.05, 4.69) is 40.9 Å². The van der Waals surface area contributed by atoms with Crippen molar-refractivity contribution in [2.24, 2.45) is 0 Å². The number of Topliss-reactive ketones (excluding diaryl/α,β-unsaturated/α-hetero) is 2. The van der Waals surface area contributed by atoms with Crippen LogP contribution in [0.1, 0.15) is 118 Å². The van der Waals surface area contributed by atoms with Gasteiger partial charge >= 0.3 is 0 Å². The molecule has 7 rings (SSSR count). The number of hydrogen-bond acceptors (Lipinski definition) is 15. The number of amides is 5. The minimum atomic E-state index is -3.72. The van der Waals surface area contributed by atoms with Crippen molar-refractivity contribution >= 4 is 80.0 Å². The number of nitrogens with zero attached hydrogens (tertiary/aromatic N) is 5. The van der Waals surface area contributed by atoms with E-state index in [9.17, 15) is 42.0 Å². The Balaban J connectivity index is 0.717. The molecule has 1 saturated heterocycles. The van der Waals surface area contributed by atoms with E-state index in [0.29, 0.717) is 56.7 Å². The molecular weight excluding hydrogens is 969 g/mol. The molecule has 5 amide bonds. The SMILES string of the molecule is Cc1cnc(Nc2ccc(N3CCN(C(=O)CCC(=O)NCCCCCCCCNC(=O)COc4cccc5c4C(=O)N(C4CCC(=O)CC4=O)C5=O)CC3)cc2)nc1Nc1cccc(S(=O)(=O)NC(C)(C)C)c1. The van der Waals surface area contributed by atoms with Crippen molar-refractivity contribution in [3.05, 3.63) is 89.6 Å². The highest BCUT2D eigenvalue weighted by molar-refractivity contribution is 7.89. The molecule has 394 valence electrons. The van der Waals surface area contributed by atoms with Crippen LogP contribution >= 0.6 is 0 Å². The zero-order chi connectivity index (χ0) is 53.0. The largest absolute Gasteiger partial charge is 0.483 e. The molecule has 74 heavy (non-hydrogen) atoms. The Bertz CT molecular complexity index is 2850. The minimum Gasteiger partial charge on any atom is -0.483 e. The molecule has 0 spiro atoms. The van der Waals surface area contributed by atoms with Crippen molar-refractivity contribution < 1.29 is 46.7 Å². The number of benzene rings is 3. The first-order valence-corrected chi connectivity index (χ1v) is 26.7. The van der Waals surface area contributed by atoms with Gasteiger partial charge in [-0.15, -0.1) is 0 Å². The highest BCUT2D eigenvalue weighted by atomic mass is 32.2. The number of unbranched alkanes of at least 4 members (excludes halogenated alkanes) is 5. The van der Waals surface area contributed by atoms with Crippen LogP contribution in [0, 0.1) is 6.92 Å². The first-order chi connectivity index (χ1) is 35.3. The summed E-state index contributed by atoms with van der Waals surface area (Å²) in [7, 11) is -3.72. The lowest BCUT2D eigenvalue weighted by atomic mass is 9.92. The summed E-state index contributed by atoms with van der Waals surface area (Å²) in [5.74, 6) is -1.54. The summed E-state index contributed by atoms with van der Waals surface area (Å²) >= 11 is 0. The fraction of sp³-hybridized carbons (Fsp3) is 0.453. The van der Waals surface area contributed by atoms with Crippen molar-refractivity contribution in [2.75, 3.05) is 61.4 Å². The van der Waals surface area contributed by atoms with Crippen LogP contribution in [0.4, 0.5) is 28.8 Å². The molecule has 3 aliphatic rings. The van der Waals surface area contributed by atoms with Gasteiger partial charge < -0.3 is 35.8 Å². The number of ether oxygens (including phenoxy) is 1. The summed E-state index contributed by atoms with van der Waals surface area (Å²) in [5.41, 5.74) is 2.61. The predicted molar refractivity (Wildman–Crippen MR) is 278 cm³/mol. The van der Waals surface area contributed by atoms with Crippen molar-refractivity contribution in [1.82, 2.24) is 35.1 Å². The van der Waals surface area contributed by atoms with Crippen LogP contribution in [0.3, 0.4) is 0 Å². The Labute approximate surface area is 431 Å². The van der Waals surface area contributed by atoms with Crippen LogP contribution in [0.15, 0.2) is 77.8 Å². The molecule has 1 aliphatic carbocycles. The van der Waals surface area contributed by atoms with Crippen LogP contribution in [-0.4, -0.2) is 127 Å². The van der Waals surface area contributed by atoms with Gasteiger partial charge in [-0.1, -0.05) is 37.8 Å². The van der Waals surface area contributed by atoms with Gasteiger partial charge in [0.1, 0.15) is 17.4 Å². The monoisotopic (exact) mass is 1030 g/mol. The summed E-state index contributed by atoms with van der Waals surface area (Å²) in [6.45, 7) is 10.3. The molecular formula is C53H66N10O10S. The second kappa shape index (κ2) is 24.6. The van der Waals surface area contributed by atoms with E-state index in [4.69, 9.17) is 4.74 Å². The van der Waals surface area contributed by atoms with Gasteiger partial charge in [-0.05, 0) is 102 Å². The summed E-state index contributed by atoms with van der Waals surface area (Å²) in [5, 5.41) is 12.2. The van der Waals surface area contributed by atoms with Gasteiger partial charge in [-0.3, -0.25) is 38.5 Å². The molecule has 0 radical (unpaired) electrons. The maximum absolute atomic E-state index is 13.3.